The normalized spacial score (nSPS) is 11.5. The van der Waals surface area contributed by atoms with Gasteiger partial charge in [0.1, 0.15) is 12.1 Å². The van der Waals surface area contributed by atoms with Crippen LogP contribution in [-0.2, 0) is 19.0 Å². The summed E-state index contributed by atoms with van der Waals surface area (Å²) in [5.74, 6) is -2.02. The zero-order valence-electron chi connectivity index (χ0n) is 14.5. The number of aryl methyl sites for hydroxylation is 1. The lowest BCUT2D eigenvalue weighted by atomic mass is 10.1. The van der Waals surface area contributed by atoms with E-state index >= 15 is 0 Å². The largest absolute Gasteiger partial charge is 0.419 e. The van der Waals surface area contributed by atoms with Crippen molar-refractivity contribution in [3.63, 3.8) is 0 Å². The van der Waals surface area contributed by atoms with Gasteiger partial charge >= 0.3 is 6.18 Å². The quantitative estimate of drug-likeness (QED) is 0.496. The molecule has 146 valence electrons. The molecule has 1 amide bonds. The molecule has 0 fully saturated rings. The topological polar surface area (TPSA) is 59.8 Å². The van der Waals surface area contributed by atoms with E-state index in [1.54, 1.807) is 29.1 Å². The van der Waals surface area contributed by atoms with Gasteiger partial charge in [-0.25, -0.2) is 4.39 Å². The lowest BCUT2D eigenvalue weighted by Gasteiger charge is -2.12. The van der Waals surface area contributed by atoms with E-state index in [1.807, 2.05) is 13.1 Å². The molecule has 0 radical (unpaired) electrons. The number of hydrogen-bond acceptors (Lipinski definition) is 4. The van der Waals surface area contributed by atoms with Crippen molar-refractivity contribution in [2.75, 3.05) is 5.32 Å². The molecule has 1 aromatic heterocycles. The van der Waals surface area contributed by atoms with Crippen LogP contribution in [0.25, 0.3) is 0 Å². The Bertz CT molecular complexity index is 1000. The number of carbonyl (C=O) groups is 1. The third-order valence-electron chi connectivity index (χ3n) is 3.77. The fraction of sp³-hybridized carbons (Fsp3) is 0.167. The third-order valence-corrected chi connectivity index (χ3v) is 4.88. The molecule has 3 aromatic rings. The highest BCUT2D eigenvalue weighted by Crippen LogP contribution is 2.32. The number of benzene rings is 2. The van der Waals surface area contributed by atoms with Gasteiger partial charge < -0.3 is 9.88 Å². The molecule has 0 aliphatic heterocycles. The van der Waals surface area contributed by atoms with Crippen LogP contribution < -0.4 is 5.32 Å². The number of nitrogens with zero attached hydrogens (tertiary/aromatic N) is 3. The van der Waals surface area contributed by atoms with E-state index < -0.39 is 29.0 Å². The predicted molar refractivity (Wildman–Crippen MR) is 96.4 cm³/mol. The molecule has 0 spiro atoms. The number of aromatic nitrogens is 3. The average molecular weight is 410 g/mol. The summed E-state index contributed by atoms with van der Waals surface area (Å²) >= 11 is 1.43. The van der Waals surface area contributed by atoms with Crippen molar-refractivity contribution in [1.29, 1.82) is 0 Å². The van der Waals surface area contributed by atoms with Gasteiger partial charge in [-0.05, 0) is 29.8 Å². The molecule has 2 aromatic carbocycles. The predicted octanol–water partition coefficient (Wildman–Crippen LogP) is 4.52. The smallest absolute Gasteiger partial charge is 0.322 e. The van der Waals surface area contributed by atoms with Crippen LogP contribution in [0.3, 0.4) is 0 Å². The second kappa shape index (κ2) is 8.01. The second-order valence-electron chi connectivity index (χ2n) is 5.83. The number of nitrogens with one attached hydrogen (secondary N) is 1. The monoisotopic (exact) mass is 410 g/mol. The van der Waals surface area contributed by atoms with Crippen LogP contribution in [0, 0.1) is 5.82 Å². The number of rotatable bonds is 5. The Hall–Kier alpha value is -2.88. The van der Waals surface area contributed by atoms with Crippen LogP contribution in [0.4, 0.5) is 23.2 Å². The number of thioether (sulfide) groups is 1. The van der Waals surface area contributed by atoms with Gasteiger partial charge in [-0.15, -0.1) is 10.2 Å². The lowest BCUT2D eigenvalue weighted by Crippen LogP contribution is -2.17. The summed E-state index contributed by atoms with van der Waals surface area (Å²) in [6.07, 6.45) is -3.31. The summed E-state index contributed by atoms with van der Waals surface area (Å²) in [7, 11) is 1.81. The Labute approximate surface area is 161 Å². The van der Waals surface area contributed by atoms with Crippen molar-refractivity contribution in [3.8, 4) is 0 Å². The Morgan fingerprint density at radius 2 is 1.96 bits per heavy atom. The zero-order chi connectivity index (χ0) is 20.3. The SMILES string of the molecule is Cn1cnnc1SCc1cccc(NC(=O)c2cccc(C(F)(F)F)c2F)c1. The van der Waals surface area contributed by atoms with Gasteiger partial charge in [-0.2, -0.15) is 13.2 Å². The molecule has 0 bridgehead atoms. The minimum atomic E-state index is -4.88. The number of amides is 1. The maximum absolute atomic E-state index is 14.1. The number of hydrogen-bond donors (Lipinski definition) is 1. The summed E-state index contributed by atoms with van der Waals surface area (Å²) in [5.41, 5.74) is -0.962. The Balaban J connectivity index is 1.74. The number of anilines is 1. The maximum atomic E-state index is 14.1. The highest BCUT2D eigenvalue weighted by Gasteiger charge is 2.35. The van der Waals surface area contributed by atoms with Crippen LogP contribution in [0.5, 0.6) is 0 Å². The maximum Gasteiger partial charge on any atom is 0.419 e. The summed E-state index contributed by atoms with van der Waals surface area (Å²) in [4.78, 5) is 12.3. The summed E-state index contributed by atoms with van der Waals surface area (Å²) in [5, 5.41) is 10.9. The van der Waals surface area contributed by atoms with Gasteiger partial charge in [0.25, 0.3) is 5.91 Å². The molecule has 0 saturated carbocycles. The first kappa shape index (κ1) is 19.9. The van der Waals surface area contributed by atoms with E-state index in [4.69, 9.17) is 0 Å². The first-order chi connectivity index (χ1) is 13.3. The minimum absolute atomic E-state index is 0.345. The fourth-order valence-corrected chi connectivity index (χ4v) is 3.25. The van der Waals surface area contributed by atoms with Crippen LogP contribution in [0.1, 0.15) is 21.5 Å². The summed E-state index contributed by atoms with van der Waals surface area (Å²) in [6, 6.07) is 9.33. The van der Waals surface area contributed by atoms with E-state index in [2.05, 4.69) is 15.5 Å². The van der Waals surface area contributed by atoms with Crippen LogP contribution >= 0.6 is 11.8 Å². The highest BCUT2D eigenvalue weighted by atomic mass is 32.2. The summed E-state index contributed by atoms with van der Waals surface area (Å²) in [6.45, 7) is 0. The fourth-order valence-electron chi connectivity index (χ4n) is 2.41. The van der Waals surface area contributed by atoms with Crippen molar-refractivity contribution >= 4 is 23.4 Å². The number of halogens is 4. The van der Waals surface area contributed by atoms with Gasteiger partial charge in [0.2, 0.25) is 0 Å². The third kappa shape index (κ3) is 4.50. The van der Waals surface area contributed by atoms with E-state index in [9.17, 15) is 22.4 Å². The van der Waals surface area contributed by atoms with Gasteiger partial charge in [0.05, 0.1) is 11.1 Å². The molecule has 1 N–H and O–H groups in total. The molecule has 0 aliphatic carbocycles. The van der Waals surface area contributed by atoms with Gasteiger partial charge in [-0.1, -0.05) is 30.0 Å². The molecule has 0 atom stereocenters. The Morgan fingerprint density at radius 1 is 1.21 bits per heavy atom. The summed E-state index contributed by atoms with van der Waals surface area (Å²) < 4.78 is 54.3. The molecular weight excluding hydrogens is 396 g/mol. The molecule has 5 nitrogen and oxygen atoms in total. The van der Waals surface area contributed by atoms with Gasteiger partial charge in [0, 0.05) is 18.5 Å². The molecule has 3 rings (SSSR count). The molecule has 0 aliphatic rings. The van der Waals surface area contributed by atoms with E-state index in [0.717, 1.165) is 17.7 Å². The van der Waals surface area contributed by atoms with E-state index in [1.165, 1.54) is 11.8 Å². The molecule has 0 saturated heterocycles. The molecule has 0 unspecified atom stereocenters. The average Bonchev–Trinajstić information content (AvgIpc) is 3.04. The Kier molecular flexibility index (Phi) is 5.68. The second-order valence-corrected chi connectivity index (χ2v) is 6.77. The first-order valence-electron chi connectivity index (χ1n) is 7.98. The molecule has 10 heteroatoms. The van der Waals surface area contributed by atoms with Crippen molar-refractivity contribution in [2.24, 2.45) is 7.05 Å². The van der Waals surface area contributed by atoms with Crippen molar-refractivity contribution in [3.05, 3.63) is 71.3 Å². The molecule has 28 heavy (non-hydrogen) atoms. The minimum Gasteiger partial charge on any atom is -0.322 e. The molecule has 1 heterocycles. The Morgan fingerprint density at radius 3 is 2.64 bits per heavy atom. The van der Waals surface area contributed by atoms with E-state index in [0.29, 0.717) is 22.7 Å². The molecular formula is C18H14F4N4OS. The van der Waals surface area contributed by atoms with Crippen molar-refractivity contribution in [2.45, 2.75) is 17.1 Å². The number of alkyl halides is 3. The van der Waals surface area contributed by atoms with E-state index in [-0.39, 0.29) is 0 Å². The van der Waals surface area contributed by atoms with Gasteiger partial charge in [-0.3, -0.25) is 4.79 Å². The van der Waals surface area contributed by atoms with Crippen LogP contribution in [-0.4, -0.2) is 20.7 Å². The zero-order valence-corrected chi connectivity index (χ0v) is 15.3. The van der Waals surface area contributed by atoms with Crippen LogP contribution in [0.2, 0.25) is 0 Å². The van der Waals surface area contributed by atoms with Gasteiger partial charge in [0.15, 0.2) is 5.16 Å². The lowest BCUT2D eigenvalue weighted by molar-refractivity contribution is -0.140. The van der Waals surface area contributed by atoms with Crippen molar-refractivity contribution in [1.82, 2.24) is 14.8 Å². The van der Waals surface area contributed by atoms with Crippen LogP contribution in [0.15, 0.2) is 53.9 Å². The first-order valence-corrected chi connectivity index (χ1v) is 8.97. The number of carbonyl (C=O) groups excluding carboxylic acids is 1. The standard InChI is InChI=1S/C18H14F4N4OS/c1-26-10-23-25-17(26)28-9-11-4-2-5-12(8-11)24-16(27)13-6-3-7-14(15(13)19)18(20,21)22/h2-8,10H,9H2,1H3,(H,24,27). The van der Waals surface area contributed by atoms with Crippen molar-refractivity contribution < 1.29 is 22.4 Å². The highest BCUT2D eigenvalue weighted by molar-refractivity contribution is 7.98.